The summed E-state index contributed by atoms with van der Waals surface area (Å²) in [6.07, 6.45) is 9.47. The molecule has 3 rings (SSSR count). The van der Waals surface area contributed by atoms with E-state index in [-0.39, 0.29) is 5.95 Å². The SMILES string of the molecule is C#CCCCCOc1ccc(Br)c(-c2cc3cnc(N)nc3nc2N)c1Br. The van der Waals surface area contributed by atoms with Gasteiger partial charge in [-0.05, 0) is 47.0 Å². The van der Waals surface area contributed by atoms with E-state index >= 15 is 0 Å². The first-order valence-corrected chi connectivity index (χ1v) is 9.83. The second-order valence-electron chi connectivity index (χ2n) is 5.81. The highest BCUT2D eigenvalue weighted by molar-refractivity contribution is 9.11. The average Bonchev–Trinajstić information content (AvgIpc) is 2.63. The Bertz CT molecular complexity index is 1030. The second-order valence-corrected chi connectivity index (χ2v) is 7.45. The Labute approximate surface area is 174 Å². The summed E-state index contributed by atoms with van der Waals surface area (Å²) < 4.78 is 7.55. The zero-order chi connectivity index (χ0) is 19.4. The quantitative estimate of drug-likeness (QED) is 0.388. The summed E-state index contributed by atoms with van der Waals surface area (Å²) in [5, 5.41) is 0.743. The summed E-state index contributed by atoms with van der Waals surface area (Å²) in [6.45, 7) is 0.583. The van der Waals surface area contributed by atoms with Crippen molar-refractivity contribution in [3.63, 3.8) is 0 Å². The maximum absolute atomic E-state index is 6.20. The first-order chi connectivity index (χ1) is 13.0. The number of hydrogen-bond acceptors (Lipinski definition) is 6. The normalized spacial score (nSPS) is 10.7. The van der Waals surface area contributed by atoms with Crippen LogP contribution in [0.3, 0.4) is 0 Å². The van der Waals surface area contributed by atoms with Crippen LogP contribution in [0.5, 0.6) is 5.75 Å². The van der Waals surface area contributed by atoms with Gasteiger partial charge in [0, 0.05) is 33.6 Å². The Morgan fingerprint density at radius 1 is 1.15 bits per heavy atom. The lowest BCUT2D eigenvalue weighted by molar-refractivity contribution is 0.306. The van der Waals surface area contributed by atoms with E-state index in [1.807, 2.05) is 18.2 Å². The molecule has 0 atom stereocenters. The molecule has 4 N–H and O–H groups in total. The van der Waals surface area contributed by atoms with Crippen LogP contribution in [-0.4, -0.2) is 21.6 Å². The number of ether oxygens (including phenoxy) is 1. The van der Waals surface area contributed by atoms with Crippen molar-refractivity contribution in [1.29, 1.82) is 0 Å². The maximum atomic E-state index is 6.20. The van der Waals surface area contributed by atoms with Crippen LogP contribution in [0.4, 0.5) is 11.8 Å². The molecule has 138 valence electrons. The van der Waals surface area contributed by atoms with Gasteiger partial charge in [0.05, 0.1) is 11.1 Å². The first kappa shape index (κ1) is 19.4. The molecule has 0 saturated carbocycles. The van der Waals surface area contributed by atoms with Crippen LogP contribution in [0.1, 0.15) is 19.3 Å². The summed E-state index contributed by atoms with van der Waals surface area (Å²) >= 11 is 7.23. The van der Waals surface area contributed by atoms with Crippen molar-refractivity contribution in [3.05, 3.63) is 33.3 Å². The number of unbranched alkanes of at least 4 members (excludes halogenated alkanes) is 2. The van der Waals surface area contributed by atoms with Crippen molar-refractivity contribution in [3.8, 4) is 29.2 Å². The van der Waals surface area contributed by atoms with Gasteiger partial charge in [-0.15, -0.1) is 12.3 Å². The fraction of sp³-hybridized carbons (Fsp3) is 0.211. The van der Waals surface area contributed by atoms with Crippen molar-refractivity contribution in [2.75, 3.05) is 18.1 Å². The molecule has 0 spiro atoms. The highest BCUT2D eigenvalue weighted by atomic mass is 79.9. The molecule has 0 aliphatic heterocycles. The fourth-order valence-corrected chi connectivity index (χ4v) is 4.08. The Hall–Kier alpha value is -2.37. The number of pyridine rings is 1. The number of fused-ring (bicyclic) bond motifs is 1. The number of anilines is 2. The summed E-state index contributed by atoms with van der Waals surface area (Å²) in [7, 11) is 0. The Balaban J connectivity index is 1.97. The number of nitrogens with two attached hydrogens (primary N) is 2. The minimum absolute atomic E-state index is 0.157. The Morgan fingerprint density at radius 3 is 2.74 bits per heavy atom. The molecule has 2 heterocycles. The summed E-state index contributed by atoms with van der Waals surface area (Å²) in [6, 6.07) is 5.70. The monoisotopic (exact) mass is 489 g/mol. The van der Waals surface area contributed by atoms with Gasteiger partial charge in [-0.25, -0.2) is 9.97 Å². The molecule has 0 aliphatic rings. The highest BCUT2D eigenvalue weighted by Crippen LogP contribution is 2.43. The third kappa shape index (κ3) is 4.31. The molecule has 27 heavy (non-hydrogen) atoms. The molecular weight excluding hydrogens is 474 g/mol. The van der Waals surface area contributed by atoms with Gasteiger partial charge in [-0.1, -0.05) is 15.9 Å². The second kappa shape index (κ2) is 8.55. The van der Waals surface area contributed by atoms with Crippen LogP contribution in [0, 0.1) is 12.3 Å². The van der Waals surface area contributed by atoms with E-state index < -0.39 is 0 Å². The molecule has 0 unspecified atom stereocenters. The number of nitrogen functional groups attached to an aromatic ring is 2. The number of aromatic nitrogens is 3. The predicted octanol–water partition coefficient (Wildman–Crippen LogP) is 4.56. The molecule has 0 aliphatic carbocycles. The van der Waals surface area contributed by atoms with Crippen LogP contribution in [0.15, 0.2) is 33.3 Å². The zero-order valence-corrected chi connectivity index (χ0v) is 17.5. The summed E-state index contributed by atoms with van der Waals surface area (Å²) in [5.41, 5.74) is 13.9. The lowest BCUT2D eigenvalue weighted by Gasteiger charge is -2.15. The standard InChI is InChI=1S/C19H17Br2N5O/c1-2-3-4-5-8-27-14-7-6-13(20)15(16(14)21)12-9-11-10-24-19(23)26-18(11)25-17(12)22/h1,6-7,9-10H,3-5,8H2,(H4,22,23,24,25,26). The summed E-state index contributed by atoms with van der Waals surface area (Å²) in [5.74, 6) is 3.85. The van der Waals surface area contributed by atoms with Gasteiger partial charge in [0.15, 0.2) is 5.65 Å². The van der Waals surface area contributed by atoms with Gasteiger partial charge in [-0.3, -0.25) is 0 Å². The van der Waals surface area contributed by atoms with E-state index in [0.29, 0.717) is 18.1 Å². The third-order valence-electron chi connectivity index (χ3n) is 3.91. The molecule has 3 aromatic rings. The third-order valence-corrected chi connectivity index (χ3v) is 5.36. The fourth-order valence-electron chi connectivity index (χ4n) is 2.59. The first-order valence-electron chi connectivity index (χ1n) is 8.24. The van der Waals surface area contributed by atoms with Gasteiger partial charge in [0.2, 0.25) is 5.95 Å². The van der Waals surface area contributed by atoms with Crippen LogP contribution in [-0.2, 0) is 0 Å². The van der Waals surface area contributed by atoms with E-state index in [9.17, 15) is 0 Å². The van der Waals surface area contributed by atoms with Gasteiger partial charge < -0.3 is 16.2 Å². The van der Waals surface area contributed by atoms with E-state index in [4.69, 9.17) is 22.6 Å². The molecule has 6 nitrogen and oxygen atoms in total. The van der Waals surface area contributed by atoms with Crippen molar-refractivity contribution >= 4 is 54.7 Å². The Morgan fingerprint density at radius 2 is 1.96 bits per heavy atom. The van der Waals surface area contributed by atoms with Crippen molar-refractivity contribution < 1.29 is 4.74 Å². The van der Waals surface area contributed by atoms with Crippen molar-refractivity contribution in [2.45, 2.75) is 19.3 Å². The molecule has 1 aromatic carbocycles. The van der Waals surface area contributed by atoms with Gasteiger partial charge in [0.25, 0.3) is 0 Å². The van der Waals surface area contributed by atoms with E-state index in [1.54, 1.807) is 6.20 Å². The van der Waals surface area contributed by atoms with Crippen LogP contribution in [0.2, 0.25) is 0 Å². The molecule has 8 heteroatoms. The molecular formula is C19H17Br2N5O. The van der Waals surface area contributed by atoms with Crippen LogP contribution >= 0.6 is 31.9 Å². The number of terminal acetylenes is 1. The van der Waals surface area contributed by atoms with Gasteiger partial charge in [0.1, 0.15) is 11.6 Å². The predicted molar refractivity (Wildman–Crippen MR) is 115 cm³/mol. The lowest BCUT2D eigenvalue weighted by atomic mass is 10.0. The average molecular weight is 491 g/mol. The van der Waals surface area contributed by atoms with Gasteiger partial charge in [-0.2, -0.15) is 4.98 Å². The van der Waals surface area contributed by atoms with E-state index in [2.05, 4.69) is 52.7 Å². The van der Waals surface area contributed by atoms with Crippen molar-refractivity contribution in [1.82, 2.24) is 15.0 Å². The number of rotatable bonds is 6. The highest BCUT2D eigenvalue weighted by Gasteiger charge is 2.17. The van der Waals surface area contributed by atoms with E-state index in [0.717, 1.165) is 50.5 Å². The molecule has 0 amide bonds. The lowest BCUT2D eigenvalue weighted by Crippen LogP contribution is -2.02. The molecule has 0 bridgehead atoms. The van der Waals surface area contributed by atoms with Gasteiger partial charge >= 0.3 is 0 Å². The number of nitrogens with zero attached hydrogens (tertiary/aromatic N) is 3. The number of benzene rings is 1. The minimum atomic E-state index is 0.157. The Kier molecular flexibility index (Phi) is 6.14. The largest absolute Gasteiger partial charge is 0.492 e. The van der Waals surface area contributed by atoms with Crippen LogP contribution in [0.25, 0.3) is 22.2 Å². The number of halogens is 2. The molecule has 0 saturated heterocycles. The smallest absolute Gasteiger partial charge is 0.222 e. The van der Waals surface area contributed by atoms with E-state index in [1.165, 1.54) is 0 Å². The van der Waals surface area contributed by atoms with Crippen LogP contribution < -0.4 is 16.2 Å². The molecule has 2 aromatic heterocycles. The number of hydrogen-bond donors (Lipinski definition) is 2. The molecule has 0 radical (unpaired) electrons. The maximum Gasteiger partial charge on any atom is 0.222 e. The minimum Gasteiger partial charge on any atom is -0.492 e. The zero-order valence-electron chi connectivity index (χ0n) is 14.4. The molecule has 0 fully saturated rings. The van der Waals surface area contributed by atoms with Crippen molar-refractivity contribution in [2.24, 2.45) is 0 Å². The summed E-state index contributed by atoms with van der Waals surface area (Å²) in [4.78, 5) is 12.5. The topological polar surface area (TPSA) is 99.9 Å².